The molecular weight excluding hydrogens is 195 g/mol. The van der Waals surface area contributed by atoms with Crippen LogP contribution in [0.4, 0.5) is 0 Å². The smallest absolute Gasteiger partial charge is 0.0615 e. The summed E-state index contributed by atoms with van der Waals surface area (Å²) < 4.78 is 0. The highest BCUT2D eigenvalue weighted by atomic mass is 35.5. The highest BCUT2D eigenvalue weighted by molar-refractivity contribution is 6.34. The van der Waals surface area contributed by atoms with Gasteiger partial charge in [-0.25, -0.2) is 0 Å². The molecule has 1 aromatic carbocycles. The number of rotatable bonds is 2. The van der Waals surface area contributed by atoms with Gasteiger partial charge in [0, 0.05) is 10.0 Å². The first-order valence-electron chi connectivity index (χ1n) is 3.46. The third kappa shape index (κ3) is 2.86. The van der Waals surface area contributed by atoms with Crippen LogP contribution in [0.1, 0.15) is 5.56 Å². The van der Waals surface area contributed by atoms with Gasteiger partial charge in [0.05, 0.1) is 6.61 Å². The second-order valence-corrected chi connectivity index (χ2v) is 3.16. The van der Waals surface area contributed by atoms with Crippen LogP contribution in [0.2, 0.25) is 10.0 Å². The lowest BCUT2D eigenvalue weighted by Gasteiger charge is -1.96. The van der Waals surface area contributed by atoms with Crippen LogP contribution < -0.4 is 0 Å². The Morgan fingerprint density at radius 3 is 2.25 bits per heavy atom. The molecule has 1 N–H and O–H groups in total. The quantitative estimate of drug-likeness (QED) is 0.783. The lowest BCUT2D eigenvalue weighted by molar-refractivity contribution is 0.343. The van der Waals surface area contributed by atoms with Crippen molar-refractivity contribution >= 4 is 29.3 Å². The summed E-state index contributed by atoms with van der Waals surface area (Å²) in [6.45, 7) is 0.0180. The largest absolute Gasteiger partial charge is 0.392 e. The summed E-state index contributed by atoms with van der Waals surface area (Å²) in [5.41, 5.74) is 0.890. The molecule has 0 unspecified atom stereocenters. The lowest BCUT2D eigenvalue weighted by atomic mass is 10.2. The molecule has 0 saturated heterocycles. The maximum atomic E-state index is 8.51. The fourth-order valence-electron chi connectivity index (χ4n) is 0.860. The second kappa shape index (κ2) is 4.51. The van der Waals surface area contributed by atoms with Crippen molar-refractivity contribution in [1.29, 1.82) is 0 Å². The van der Waals surface area contributed by atoms with Crippen LogP contribution in [0.5, 0.6) is 0 Å². The van der Waals surface area contributed by atoms with Crippen molar-refractivity contribution in [2.24, 2.45) is 0 Å². The zero-order valence-corrected chi connectivity index (χ0v) is 7.81. The van der Waals surface area contributed by atoms with Crippen molar-refractivity contribution in [1.82, 2.24) is 0 Å². The Balaban J connectivity index is 2.93. The monoisotopic (exact) mass is 202 g/mol. The van der Waals surface area contributed by atoms with Gasteiger partial charge in [0.15, 0.2) is 0 Å². The Morgan fingerprint density at radius 1 is 1.17 bits per heavy atom. The Morgan fingerprint density at radius 2 is 1.75 bits per heavy atom. The van der Waals surface area contributed by atoms with E-state index in [0.29, 0.717) is 10.0 Å². The van der Waals surface area contributed by atoms with Crippen LogP contribution in [0.3, 0.4) is 0 Å². The topological polar surface area (TPSA) is 20.2 Å². The predicted molar refractivity (Wildman–Crippen MR) is 52.6 cm³/mol. The average molecular weight is 203 g/mol. The van der Waals surface area contributed by atoms with Crippen molar-refractivity contribution in [3.63, 3.8) is 0 Å². The lowest BCUT2D eigenvalue weighted by Crippen LogP contribution is -1.75. The molecule has 0 amide bonds. The Hall–Kier alpha value is -0.500. The summed E-state index contributed by atoms with van der Waals surface area (Å²) >= 11 is 11.5. The number of aliphatic hydroxyl groups excluding tert-OH is 1. The minimum absolute atomic E-state index is 0.0180. The molecule has 0 aromatic heterocycles. The van der Waals surface area contributed by atoms with Crippen molar-refractivity contribution in [3.05, 3.63) is 39.9 Å². The molecule has 0 aliphatic carbocycles. The molecule has 12 heavy (non-hydrogen) atoms. The molecule has 0 aliphatic rings. The first-order chi connectivity index (χ1) is 5.72. The van der Waals surface area contributed by atoms with Crippen LogP contribution in [0.25, 0.3) is 6.08 Å². The van der Waals surface area contributed by atoms with Crippen molar-refractivity contribution < 1.29 is 5.11 Å². The van der Waals surface area contributed by atoms with Gasteiger partial charge in [-0.1, -0.05) is 35.4 Å². The number of hydrogen-bond donors (Lipinski definition) is 1. The summed E-state index contributed by atoms with van der Waals surface area (Å²) in [7, 11) is 0. The molecule has 1 aromatic rings. The van der Waals surface area contributed by atoms with E-state index in [4.69, 9.17) is 28.3 Å². The minimum atomic E-state index is 0.0180. The molecule has 1 rings (SSSR count). The van der Waals surface area contributed by atoms with Gasteiger partial charge < -0.3 is 5.11 Å². The van der Waals surface area contributed by atoms with Crippen molar-refractivity contribution in [2.45, 2.75) is 0 Å². The number of hydrogen-bond acceptors (Lipinski definition) is 1. The van der Waals surface area contributed by atoms with Crippen LogP contribution >= 0.6 is 23.2 Å². The predicted octanol–water partition coefficient (Wildman–Crippen LogP) is 3.00. The van der Waals surface area contributed by atoms with E-state index in [1.165, 1.54) is 0 Å². The van der Waals surface area contributed by atoms with Crippen LogP contribution in [0, 0.1) is 0 Å². The molecule has 0 radical (unpaired) electrons. The maximum absolute atomic E-state index is 8.51. The molecule has 0 atom stereocenters. The van der Waals surface area contributed by atoms with Crippen molar-refractivity contribution in [3.8, 4) is 0 Å². The second-order valence-electron chi connectivity index (χ2n) is 2.29. The molecule has 64 valence electrons. The zero-order valence-electron chi connectivity index (χ0n) is 6.30. The third-order valence-electron chi connectivity index (χ3n) is 1.30. The van der Waals surface area contributed by atoms with E-state index in [0.717, 1.165) is 5.56 Å². The van der Waals surface area contributed by atoms with Gasteiger partial charge >= 0.3 is 0 Å². The van der Waals surface area contributed by atoms with Crippen LogP contribution in [-0.4, -0.2) is 11.7 Å². The van der Waals surface area contributed by atoms with E-state index in [2.05, 4.69) is 0 Å². The molecule has 0 heterocycles. The van der Waals surface area contributed by atoms with Gasteiger partial charge in [-0.3, -0.25) is 0 Å². The normalized spacial score (nSPS) is 10.9. The van der Waals surface area contributed by atoms with E-state index in [-0.39, 0.29) is 6.61 Å². The van der Waals surface area contributed by atoms with Gasteiger partial charge in [0.25, 0.3) is 0 Å². The molecule has 0 bridgehead atoms. The summed E-state index contributed by atoms with van der Waals surface area (Å²) in [6.07, 6.45) is 3.39. The highest BCUT2D eigenvalue weighted by Crippen LogP contribution is 2.19. The van der Waals surface area contributed by atoms with E-state index in [9.17, 15) is 0 Å². The van der Waals surface area contributed by atoms with Gasteiger partial charge in [0.2, 0.25) is 0 Å². The zero-order chi connectivity index (χ0) is 8.97. The summed E-state index contributed by atoms with van der Waals surface area (Å²) in [5.74, 6) is 0. The van der Waals surface area contributed by atoms with Crippen LogP contribution in [0.15, 0.2) is 24.3 Å². The SMILES string of the molecule is OCC=Cc1cc(Cl)cc(Cl)c1. The average Bonchev–Trinajstić information content (AvgIpc) is 1.99. The molecule has 3 heteroatoms. The van der Waals surface area contributed by atoms with E-state index < -0.39 is 0 Å². The van der Waals surface area contributed by atoms with E-state index >= 15 is 0 Å². The number of benzene rings is 1. The number of halogens is 2. The van der Waals surface area contributed by atoms with Gasteiger partial charge in [-0.15, -0.1) is 0 Å². The minimum Gasteiger partial charge on any atom is -0.392 e. The Bertz CT molecular complexity index is 274. The summed E-state index contributed by atoms with van der Waals surface area (Å²) in [5, 5.41) is 9.71. The first kappa shape index (κ1) is 9.59. The molecule has 0 fully saturated rings. The first-order valence-corrected chi connectivity index (χ1v) is 4.21. The molecular formula is C9H8Cl2O. The fourth-order valence-corrected chi connectivity index (χ4v) is 1.40. The van der Waals surface area contributed by atoms with E-state index in [1.807, 2.05) is 0 Å². The summed E-state index contributed by atoms with van der Waals surface area (Å²) in [6, 6.07) is 5.22. The standard InChI is InChI=1S/C9H8Cl2O/c10-8-4-7(2-1-3-12)5-9(11)6-8/h1-2,4-6,12H,3H2. The molecule has 0 spiro atoms. The molecule has 1 nitrogen and oxygen atoms in total. The highest BCUT2D eigenvalue weighted by Gasteiger charge is 1.93. The van der Waals surface area contributed by atoms with Gasteiger partial charge in [-0.05, 0) is 23.8 Å². The Kier molecular flexibility index (Phi) is 3.60. The fraction of sp³-hybridized carbons (Fsp3) is 0.111. The number of aliphatic hydroxyl groups is 1. The van der Waals surface area contributed by atoms with Crippen LogP contribution in [-0.2, 0) is 0 Å². The maximum Gasteiger partial charge on any atom is 0.0615 e. The van der Waals surface area contributed by atoms with Gasteiger partial charge in [-0.2, -0.15) is 0 Å². The Labute approximate surface area is 81.2 Å². The summed E-state index contributed by atoms with van der Waals surface area (Å²) in [4.78, 5) is 0. The third-order valence-corrected chi connectivity index (χ3v) is 1.74. The molecule has 0 saturated carbocycles. The molecule has 0 aliphatic heterocycles. The van der Waals surface area contributed by atoms with Gasteiger partial charge in [0.1, 0.15) is 0 Å². The van der Waals surface area contributed by atoms with E-state index in [1.54, 1.807) is 30.4 Å². The van der Waals surface area contributed by atoms with Crippen molar-refractivity contribution in [2.75, 3.05) is 6.61 Å².